The van der Waals surface area contributed by atoms with E-state index < -0.39 is 16.5 Å². The number of carbonyl (C=O) groups is 1. The third-order valence-electron chi connectivity index (χ3n) is 6.15. The van der Waals surface area contributed by atoms with E-state index >= 15 is 0 Å². The smallest absolute Gasteiger partial charge is 0.271 e. The van der Waals surface area contributed by atoms with Gasteiger partial charge in [-0.2, -0.15) is 0 Å². The normalized spacial score (nSPS) is 25.6. The maximum Gasteiger partial charge on any atom is 0.271 e. The Hall–Kier alpha value is -0.500. The number of carbonyl (C=O) groups excluding carboxylic acids is 1. The van der Waals surface area contributed by atoms with Crippen molar-refractivity contribution in [1.29, 1.82) is 0 Å². The number of ether oxygens (including phenoxy) is 2. The highest BCUT2D eigenvalue weighted by Gasteiger charge is 2.54. The molecule has 3 rings (SSSR count). The molecule has 1 aromatic rings. The number of hydrogen-bond donors (Lipinski definition) is 1. The standard InChI is InChI=1S/C24H31Br4N3O5/c1-30(2)7-5-9-35-20-15(25)10-14(11-16(20)26)6-8-31(3)23(33)18-13-24(36-29-18)12-17(27)21(34-4)19(28)22(24)32/h10-12,19,21-22,32H,5-9,13H2,1-4H3/t19?,21?,22-,24+/m0/s1. The molecule has 0 aromatic heterocycles. The summed E-state index contributed by atoms with van der Waals surface area (Å²) in [6.45, 7) is 2.07. The topological polar surface area (TPSA) is 83.8 Å². The van der Waals surface area contributed by atoms with E-state index in [9.17, 15) is 9.90 Å². The van der Waals surface area contributed by atoms with E-state index in [2.05, 4.69) is 73.8 Å². The van der Waals surface area contributed by atoms with Gasteiger partial charge in [0, 0.05) is 38.2 Å². The van der Waals surface area contributed by atoms with Crippen molar-refractivity contribution >= 4 is 75.3 Å². The zero-order valence-corrected chi connectivity index (χ0v) is 27.0. The minimum absolute atomic E-state index is 0.169. The van der Waals surface area contributed by atoms with Crippen molar-refractivity contribution in [3.05, 3.63) is 37.2 Å². The zero-order valence-electron chi connectivity index (χ0n) is 20.6. The van der Waals surface area contributed by atoms with Gasteiger partial charge in [0.1, 0.15) is 23.7 Å². The maximum absolute atomic E-state index is 13.1. The molecule has 1 spiro atoms. The van der Waals surface area contributed by atoms with Crippen LogP contribution < -0.4 is 4.74 Å². The van der Waals surface area contributed by atoms with E-state index in [0.29, 0.717) is 19.6 Å². The number of halogens is 4. The quantitative estimate of drug-likeness (QED) is 0.280. The average molecular weight is 761 g/mol. The lowest BCUT2D eigenvalue weighted by Crippen LogP contribution is -2.54. The van der Waals surface area contributed by atoms with Crippen molar-refractivity contribution in [2.24, 2.45) is 5.16 Å². The fourth-order valence-electron chi connectivity index (χ4n) is 4.12. The van der Waals surface area contributed by atoms with Gasteiger partial charge in [-0.05, 0) is 82.6 Å². The van der Waals surface area contributed by atoms with E-state index in [1.54, 1.807) is 25.1 Å². The van der Waals surface area contributed by atoms with Crippen LogP contribution in [0.2, 0.25) is 0 Å². The lowest BCUT2D eigenvalue weighted by atomic mass is 9.83. The van der Waals surface area contributed by atoms with Crippen LogP contribution in [-0.4, -0.2) is 97.1 Å². The number of amides is 1. The molecule has 1 aromatic carbocycles. The van der Waals surface area contributed by atoms with Crippen LogP contribution in [-0.2, 0) is 20.8 Å². The number of rotatable bonds is 10. The van der Waals surface area contributed by atoms with Gasteiger partial charge in [-0.25, -0.2) is 0 Å². The molecule has 0 radical (unpaired) electrons. The highest BCUT2D eigenvalue weighted by Crippen LogP contribution is 2.42. The molecule has 1 N–H and O–H groups in total. The SMILES string of the molecule is COC1C(Br)=C[C@@]2(CC(C(=O)N(C)CCc3cc(Br)c(OCCCN(C)C)c(Br)c3)=NO2)[C@@H](O)C1Br. The van der Waals surface area contributed by atoms with Gasteiger partial charge < -0.3 is 29.2 Å². The Morgan fingerprint density at radius 1 is 1.22 bits per heavy atom. The molecule has 0 fully saturated rings. The van der Waals surface area contributed by atoms with Crippen molar-refractivity contribution in [2.75, 3.05) is 47.9 Å². The Morgan fingerprint density at radius 2 is 1.89 bits per heavy atom. The number of oxime groups is 1. The van der Waals surface area contributed by atoms with Crippen molar-refractivity contribution in [1.82, 2.24) is 9.80 Å². The Balaban J connectivity index is 1.58. The molecule has 1 aliphatic carbocycles. The first kappa shape index (κ1) is 30.0. The number of benzene rings is 1. The number of alkyl halides is 1. The van der Waals surface area contributed by atoms with Crippen LogP contribution >= 0.6 is 63.7 Å². The fourth-order valence-corrected chi connectivity index (χ4v) is 7.79. The molecule has 2 unspecified atom stereocenters. The second kappa shape index (κ2) is 13.0. The second-order valence-corrected chi connectivity index (χ2v) is 12.9. The van der Waals surface area contributed by atoms with Crippen LogP contribution in [0.4, 0.5) is 0 Å². The summed E-state index contributed by atoms with van der Waals surface area (Å²) >= 11 is 14.2. The van der Waals surface area contributed by atoms with Gasteiger partial charge in [0.15, 0.2) is 5.60 Å². The largest absolute Gasteiger partial charge is 0.491 e. The summed E-state index contributed by atoms with van der Waals surface area (Å²) in [5, 5.41) is 14.9. The van der Waals surface area contributed by atoms with E-state index in [-0.39, 0.29) is 24.1 Å². The Bertz CT molecular complexity index is 998. The molecule has 200 valence electrons. The molecule has 1 heterocycles. The van der Waals surface area contributed by atoms with E-state index in [1.807, 2.05) is 26.2 Å². The van der Waals surface area contributed by atoms with Gasteiger partial charge in [0.2, 0.25) is 0 Å². The number of likely N-dealkylation sites (N-methyl/N-ethyl adjacent to an activating group) is 1. The Morgan fingerprint density at radius 3 is 2.50 bits per heavy atom. The number of aliphatic hydroxyl groups excluding tert-OH is 1. The molecular formula is C24H31Br4N3O5. The molecule has 0 saturated carbocycles. The van der Waals surface area contributed by atoms with Gasteiger partial charge in [-0.15, -0.1) is 0 Å². The summed E-state index contributed by atoms with van der Waals surface area (Å²) < 4.78 is 13.8. The molecule has 2 aliphatic rings. The van der Waals surface area contributed by atoms with E-state index in [0.717, 1.165) is 37.7 Å². The molecule has 4 atom stereocenters. The van der Waals surface area contributed by atoms with Crippen molar-refractivity contribution in [3.8, 4) is 5.75 Å². The van der Waals surface area contributed by atoms with E-state index in [1.165, 1.54) is 0 Å². The van der Waals surface area contributed by atoms with Crippen LogP contribution in [0.5, 0.6) is 5.75 Å². The number of methoxy groups -OCH3 is 1. The fraction of sp³-hybridized carbons (Fsp3) is 0.583. The molecule has 36 heavy (non-hydrogen) atoms. The monoisotopic (exact) mass is 757 g/mol. The van der Waals surface area contributed by atoms with Gasteiger partial charge in [-0.3, -0.25) is 4.79 Å². The molecule has 8 nitrogen and oxygen atoms in total. The maximum atomic E-state index is 13.1. The van der Waals surface area contributed by atoms with Crippen LogP contribution in [0.25, 0.3) is 0 Å². The van der Waals surface area contributed by atoms with Gasteiger partial charge in [-0.1, -0.05) is 37.0 Å². The summed E-state index contributed by atoms with van der Waals surface area (Å²) in [6.07, 6.45) is 2.19. The Kier molecular flexibility index (Phi) is 10.9. The first-order valence-electron chi connectivity index (χ1n) is 11.5. The number of nitrogens with zero attached hydrogens (tertiary/aromatic N) is 3. The molecule has 1 aliphatic heterocycles. The van der Waals surface area contributed by atoms with Gasteiger partial charge >= 0.3 is 0 Å². The summed E-state index contributed by atoms with van der Waals surface area (Å²) in [5.74, 6) is 0.540. The van der Waals surface area contributed by atoms with Crippen molar-refractivity contribution < 1.29 is 24.2 Å². The highest BCUT2D eigenvalue weighted by atomic mass is 79.9. The average Bonchev–Trinajstić information content (AvgIpc) is 3.24. The predicted molar refractivity (Wildman–Crippen MR) is 154 cm³/mol. The lowest BCUT2D eigenvalue weighted by molar-refractivity contribution is -0.123. The molecule has 1 amide bonds. The van der Waals surface area contributed by atoms with Gasteiger partial charge in [0.05, 0.1) is 20.4 Å². The van der Waals surface area contributed by atoms with Crippen LogP contribution in [0.1, 0.15) is 18.4 Å². The first-order chi connectivity index (χ1) is 17.0. The second-order valence-electron chi connectivity index (χ2n) is 9.21. The summed E-state index contributed by atoms with van der Waals surface area (Å²) in [5.41, 5.74) is 0.205. The van der Waals surface area contributed by atoms with E-state index in [4.69, 9.17) is 14.3 Å². The zero-order chi connectivity index (χ0) is 26.6. The lowest BCUT2D eigenvalue weighted by Gasteiger charge is -2.39. The molecular weight excluding hydrogens is 730 g/mol. The minimum atomic E-state index is -1.12. The van der Waals surface area contributed by atoms with Gasteiger partial charge in [0.25, 0.3) is 5.91 Å². The number of hydrogen-bond acceptors (Lipinski definition) is 7. The summed E-state index contributed by atoms with van der Waals surface area (Å²) in [4.78, 5) is 22.1. The predicted octanol–water partition coefficient (Wildman–Crippen LogP) is 4.49. The van der Waals surface area contributed by atoms with Crippen molar-refractivity contribution in [3.63, 3.8) is 0 Å². The van der Waals surface area contributed by atoms with Crippen LogP contribution in [0.15, 0.2) is 36.8 Å². The third kappa shape index (κ3) is 6.92. The first-order valence-corrected chi connectivity index (χ1v) is 14.8. The minimum Gasteiger partial charge on any atom is -0.491 e. The van der Waals surface area contributed by atoms with Crippen LogP contribution in [0.3, 0.4) is 0 Å². The molecule has 12 heteroatoms. The third-order valence-corrected chi connectivity index (χ3v) is 8.99. The summed E-state index contributed by atoms with van der Waals surface area (Å²) in [7, 11) is 7.38. The van der Waals surface area contributed by atoms with Crippen molar-refractivity contribution in [2.45, 2.75) is 41.9 Å². The molecule has 0 bridgehead atoms. The summed E-state index contributed by atoms with van der Waals surface area (Å²) in [6, 6.07) is 4.03. The molecule has 0 saturated heterocycles. The van der Waals surface area contributed by atoms with Crippen LogP contribution in [0, 0.1) is 0 Å². The highest BCUT2D eigenvalue weighted by molar-refractivity contribution is 9.12. The Labute approximate surface area is 245 Å². The number of aliphatic hydroxyl groups is 1.